The molecule has 1 aliphatic carbocycles. The fourth-order valence-corrected chi connectivity index (χ4v) is 1.96. The van der Waals surface area contributed by atoms with Gasteiger partial charge in [0.15, 0.2) is 0 Å². The molecule has 0 unspecified atom stereocenters. The second-order valence-electron chi connectivity index (χ2n) is 4.76. The van der Waals surface area contributed by atoms with Crippen molar-refractivity contribution in [2.24, 2.45) is 0 Å². The van der Waals surface area contributed by atoms with Crippen LogP contribution < -0.4 is 5.32 Å². The molecule has 7 nitrogen and oxygen atoms in total. The molecule has 0 spiro atoms. The SMILES string of the molecule is O=[N+]([O-])c1ccccc1-c1noc(CCNC2CC2)n1. The molecule has 0 atom stereocenters. The van der Waals surface area contributed by atoms with Gasteiger partial charge in [0.25, 0.3) is 5.69 Å². The van der Waals surface area contributed by atoms with Crippen molar-refractivity contribution in [2.75, 3.05) is 6.54 Å². The summed E-state index contributed by atoms with van der Waals surface area (Å²) >= 11 is 0. The number of benzene rings is 1. The molecule has 0 amide bonds. The third-order valence-corrected chi connectivity index (χ3v) is 3.16. The molecule has 1 aliphatic rings. The maximum absolute atomic E-state index is 11.0. The third-order valence-electron chi connectivity index (χ3n) is 3.16. The Morgan fingerprint density at radius 2 is 2.20 bits per heavy atom. The third kappa shape index (κ3) is 2.83. The van der Waals surface area contributed by atoms with Gasteiger partial charge in [-0.1, -0.05) is 17.3 Å². The standard InChI is InChI=1S/C13H14N4O3/c18-17(19)11-4-2-1-3-10(11)13-15-12(20-16-13)7-8-14-9-5-6-9/h1-4,9,14H,5-8H2. The lowest BCUT2D eigenvalue weighted by Crippen LogP contribution is -2.19. The zero-order valence-corrected chi connectivity index (χ0v) is 10.8. The average molecular weight is 274 g/mol. The zero-order valence-electron chi connectivity index (χ0n) is 10.8. The Kier molecular flexibility index (Phi) is 3.42. The second kappa shape index (κ2) is 5.38. The summed E-state index contributed by atoms with van der Waals surface area (Å²) in [7, 11) is 0. The largest absolute Gasteiger partial charge is 0.339 e. The van der Waals surface area contributed by atoms with E-state index in [-0.39, 0.29) is 11.5 Å². The fraction of sp³-hybridized carbons (Fsp3) is 0.385. The zero-order chi connectivity index (χ0) is 13.9. The minimum atomic E-state index is -0.444. The number of hydrogen-bond donors (Lipinski definition) is 1. The molecule has 1 saturated carbocycles. The number of nitro benzene ring substituents is 1. The van der Waals surface area contributed by atoms with Gasteiger partial charge in [0.1, 0.15) is 5.56 Å². The number of hydrogen-bond acceptors (Lipinski definition) is 6. The Labute approximate surface area is 115 Å². The van der Waals surface area contributed by atoms with E-state index < -0.39 is 4.92 Å². The number of rotatable bonds is 6. The van der Waals surface area contributed by atoms with Crippen molar-refractivity contribution < 1.29 is 9.45 Å². The first-order valence-electron chi connectivity index (χ1n) is 6.54. The van der Waals surface area contributed by atoms with Crippen molar-refractivity contribution in [3.8, 4) is 11.4 Å². The van der Waals surface area contributed by atoms with E-state index in [4.69, 9.17) is 4.52 Å². The lowest BCUT2D eigenvalue weighted by molar-refractivity contribution is -0.384. The Bertz CT molecular complexity index is 622. The van der Waals surface area contributed by atoms with E-state index in [2.05, 4.69) is 15.5 Å². The van der Waals surface area contributed by atoms with Crippen molar-refractivity contribution in [3.63, 3.8) is 0 Å². The molecule has 0 radical (unpaired) electrons. The molecule has 3 rings (SSSR count). The smallest absolute Gasteiger partial charge is 0.280 e. The van der Waals surface area contributed by atoms with Gasteiger partial charge in [0, 0.05) is 25.1 Å². The minimum Gasteiger partial charge on any atom is -0.339 e. The lowest BCUT2D eigenvalue weighted by Gasteiger charge is -1.97. The average Bonchev–Trinajstić information content (AvgIpc) is 3.15. The number of nitrogens with one attached hydrogen (secondary N) is 1. The van der Waals surface area contributed by atoms with Crippen molar-refractivity contribution in [1.82, 2.24) is 15.5 Å². The van der Waals surface area contributed by atoms with Gasteiger partial charge in [0.05, 0.1) is 4.92 Å². The van der Waals surface area contributed by atoms with Crippen LogP contribution in [0.25, 0.3) is 11.4 Å². The Balaban J connectivity index is 1.73. The van der Waals surface area contributed by atoms with Crippen LogP contribution in [0.4, 0.5) is 5.69 Å². The summed E-state index contributed by atoms with van der Waals surface area (Å²) in [6.07, 6.45) is 3.08. The topological polar surface area (TPSA) is 94.1 Å². The Morgan fingerprint density at radius 1 is 1.40 bits per heavy atom. The van der Waals surface area contributed by atoms with E-state index in [1.807, 2.05) is 0 Å². The molecular formula is C13H14N4O3. The van der Waals surface area contributed by atoms with Crippen molar-refractivity contribution in [3.05, 3.63) is 40.3 Å². The van der Waals surface area contributed by atoms with Crippen LogP contribution in [0.2, 0.25) is 0 Å². The Hall–Kier alpha value is -2.28. The molecule has 1 aromatic heterocycles. The van der Waals surface area contributed by atoms with Crippen LogP contribution in [-0.4, -0.2) is 27.7 Å². The number of aromatic nitrogens is 2. The number of nitrogens with zero attached hydrogens (tertiary/aromatic N) is 3. The second-order valence-corrected chi connectivity index (χ2v) is 4.76. The van der Waals surface area contributed by atoms with Gasteiger partial charge in [-0.15, -0.1) is 0 Å². The molecule has 7 heteroatoms. The van der Waals surface area contributed by atoms with E-state index >= 15 is 0 Å². The first-order chi connectivity index (χ1) is 9.74. The molecule has 20 heavy (non-hydrogen) atoms. The summed E-state index contributed by atoms with van der Waals surface area (Å²) < 4.78 is 5.13. The van der Waals surface area contributed by atoms with Crippen LogP contribution in [0.15, 0.2) is 28.8 Å². The predicted molar refractivity (Wildman–Crippen MR) is 71.1 cm³/mol. The van der Waals surface area contributed by atoms with Crippen LogP contribution in [0.1, 0.15) is 18.7 Å². The van der Waals surface area contributed by atoms with Crippen LogP contribution in [0.5, 0.6) is 0 Å². The summed E-state index contributed by atoms with van der Waals surface area (Å²) in [4.78, 5) is 14.7. The van der Waals surface area contributed by atoms with E-state index in [1.165, 1.54) is 18.9 Å². The summed E-state index contributed by atoms with van der Waals surface area (Å²) in [5.41, 5.74) is 0.360. The maximum atomic E-state index is 11.0. The van der Waals surface area contributed by atoms with Crippen LogP contribution in [-0.2, 0) is 6.42 Å². The minimum absolute atomic E-state index is 0.0176. The van der Waals surface area contributed by atoms with Crippen molar-refractivity contribution in [2.45, 2.75) is 25.3 Å². The first-order valence-corrected chi connectivity index (χ1v) is 6.54. The highest BCUT2D eigenvalue weighted by atomic mass is 16.6. The van der Waals surface area contributed by atoms with Crippen LogP contribution in [0.3, 0.4) is 0 Å². The highest BCUT2D eigenvalue weighted by Crippen LogP contribution is 2.27. The van der Waals surface area contributed by atoms with E-state index in [0.717, 1.165) is 6.54 Å². The molecule has 1 heterocycles. The Morgan fingerprint density at radius 3 is 2.95 bits per heavy atom. The van der Waals surface area contributed by atoms with Crippen LogP contribution in [0, 0.1) is 10.1 Å². The van der Waals surface area contributed by atoms with E-state index in [1.54, 1.807) is 18.2 Å². The maximum Gasteiger partial charge on any atom is 0.280 e. The monoisotopic (exact) mass is 274 g/mol. The van der Waals surface area contributed by atoms with Crippen molar-refractivity contribution >= 4 is 5.69 Å². The van der Waals surface area contributed by atoms with Crippen LogP contribution >= 0.6 is 0 Å². The fourth-order valence-electron chi connectivity index (χ4n) is 1.96. The summed E-state index contributed by atoms with van der Waals surface area (Å²) in [6, 6.07) is 7.01. The van der Waals surface area contributed by atoms with Gasteiger partial charge in [0.2, 0.25) is 11.7 Å². The van der Waals surface area contributed by atoms with Gasteiger partial charge in [-0.25, -0.2) is 0 Å². The predicted octanol–water partition coefficient (Wildman–Crippen LogP) is 1.94. The van der Waals surface area contributed by atoms with E-state index in [9.17, 15) is 10.1 Å². The summed E-state index contributed by atoms with van der Waals surface area (Å²) in [5, 5.41) is 18.1. The molecule has 1 aromatic carbocycles. The lowest BCUT2D eigenvalue weighted by atomic mass is 10.2. The van der Waals surface area contributed by atoms with Gasteiger partial charge in [-0.3, -0.25) is 10.1 Å². The molecule has 0 bridgehead atoms. The van der Waals surface area contributed by atoms with Gasteiger partial charge in [-0.2, -0.15) is 4.98 Å². The molecular weight excluding hydrogens is 260 g/mol. The highest BCUT2D eigenvalue weighted by molar-refractivity contribution is 5.67. The van der Waals surface area contributed by atoms with Gasteiger partial charge < -0.3 is 9.84 Å². The summed E-state index contributed by atoms with van der Waals surface area (Å²) in [5.74, 6) is 0.755. The van der Waals surface area contributed by atoms with Crippen molar-refractivity contribution in [1.29, 1.82) is 0 Å². The van der Waals surface area contributed by atoms with Gasteiger partial charge in [-0.05, 0) is 18.9 Å². The number of nitro groups is 1. The molecule has 104 valence electrons. The molecule has 0 saturated heterocycles. The summed E-state index contributed by atoms with van der Waals surface area (Å²) in [6.45, 7) is 0.781. The normalized spacial score (nSPS) is 14.4. The molecule has 2 aromatic rings. The molecule has 1 fully saturated rings. The molecule has 1 N–H and O–H groups in total. The number of para-hydroxylation sites is 1. The highest BCUT2D eigenvalue weighted by Gasteiger charge is 2.21. The quantitative estimate of drug-likeness (QED) is 0.639. The molecule has 0 aliphatic heterocycles. The van der Waals surface area contributed by atoms with E-state index in [0.29, 0.717) is 23.9 Å². The first kappa shape index (κ1) is 12.7. The van der Waals surface area contributed by atoms with Gasteiger partial charge >= 0.3 is 0 Å².